The normalized spacial score (nSPS) is 10.8. The van der Waals surface area contributed by atoms with Gasteiger partial charge < -0.3 is 11.1 Å². The molecule has 2 aromatic rings. The second-order valence-corrected chi connectivity index (χ2v) is 5.86. The van der Waals surface area contributed by atoms with Crippen molar-refractivity contribution in [2.75, 3.05) is 24.1 Å². The second-order valence-electron chi connectivity index (χ2n) is 5.86. The lowest BCUT2D eigenvalue weighted by atomic mass is 10.1. The van der Waals surface area contributed by atoms with Crippen molar-refractivity contribution in [1.29, 1.82) is 0 Å². The third kappa shape index (κ3) is 4.83. The number of hydrogen-bond donors (Lipinski definition) is 2. The maximum atomic E-state index is 12.4. The van der Waals surface area contributed by atoms with E-state index >= 15 is 0 Å². The summed E-state index contributed by atoms with van der Waals surface area (Å²) in [4.78, 5) is 14.5. The Hall–Kier alpha value is -2.33. The molecule has 0 saturated heterocycles. The molecule has 0 bridgehead atoms. The van der Waals surface area contributed by atoms with Crippen LogP contribution in [0.15, 0.2) is 42.5 Å². The fraction of sp³-hybridized carbons (Fsp3) is 0.316. The molecule has 4 nitrogen and oxygen atoms in total. The molecular weight excluding hydrogens is 286 g/mol. The predicted molar refractivity (Wildman–Crippen MR) is 96.4 cm³/mol. The molecule has 0 aliphatic carbocycles. The number of hydrogen-bond acceptors (Lipinski definition) is 3. The maximum absolute atomic E-state index is 12.4. The van der Waals surface area contributed by atoms with E-state index in [4.69, 9.17) is 5.73 Å². The SMILES string of the molecule is CCN(CC(=O)Nc1c(C)cccc1C)Cc1cccc(N)c1. The molecule has 23 heavy (non-hydrogen) atoms. The first kappa shape index (κ1) is 17.0. The highest BCUT2D eigenvalue weighted by atomic mass is 16.2. The number of aryl methyl sites for hydroxylation is 2. The number of amides is 1. The Morgan fingerprint density at radius 1 is 1.13 bits per heavy atom. The zero-order chi connectivity index (χ0) is 16.8. The Bertz CT molecular complexity index is 662. The number of likely N-dealkylation sites (N-methyl/N-ethyl adjacent to an activating group) is 1. The topological polar surface area (TPSA) is 58.4 Å². The number of nitrogen functional groups attached to an aromatic ring is 1. The van der Waals surface area contributed by atoms with Gasteiger partial charge in [0.25, 0.3) is 0 Å². The Labute approximate surface area is 138 Å². The van der Waals surface area contributed by atoms with E-state index in [1.54, 1.807) is 0 Å². The number of nitrogens with one attached hydrogen (secondary N) is 1. The minimum Gasteiger partial charge on any atom is -0.399 e. The summed E-state index contributed by atoms with van der Waals surface area (Å²) in [5.41, 5.74) is 10.8. The van der Waals surface area contributed by atoms with Crippen LogP contribution in [0, 0.1) is 13.8 Å². The number of nitrogens with zero attached hydrogens (tertiary/aromatic N) is 1. The highest BCUT2D eigenvalue weighted by molar-refractivity contribution is 5.93. The number of carbonyl (C=O) groups is 1. The monoisotopic (exact) mass is 311 g/mol. The summed E-state index contributed by atoms with van der Waals surface area (Å²) < 4.78 is 0. The van der Waals surface area contributed by atoms with Gasteiger partial charge in [0.1, 0.15) is 0 Å². The number of benzene rings is 2. The minimum absolute atomic E-state index is 0.00755. The van der Waals surface area contributed by atoms with Crippen molar-refractivity contribution in [3.8, 4) is 0 Å². The molecular formula is C19H25N3O. The highest BCUT2D eigenvalue weighted by Crippen LogP contribution is 2.19. The first-order chi connectivity index (χ1) is 11.0. The summed E-state index contributed by atoms with van der Waals surface area (Å²) in [7, 11) is 0. The van der Waals surface area contributed by atoms with Gasteiger partial charge in [-0.05, 0) is 49.2 Å². The Balaban J connectivity index is 2.00. The van der Waals surface area contributed by atoms with E-state index in [0.717, 1.165) is 34.6 Å². The molecule has 0 saturated carbocycles. The van der Waals surface area contributed by atoms with Crippen molar-refractivity contribution in [3.63, 3.8) is 0 Å². The van der Waals surface area contributed by atoms with E-state index in [-0.39, 0.29) is 5.91 Å². The van der Waals surface area contributed by atoms with Crippen LogP contribution in [-0.2, 0) is 11.3 Å². The maximum Gasteiger partial charge on any atom is 0.238 e. The lowest BCUT2D eigenvalue weighted by Crippen LogP contribution is -2.33. The molecule has 0 aliphatic rings. The van der Waals surface area contributed by atoms with Crippen molar-refractivity contribution in [2.24, 2.45) is 0 Å². The van der Waals surface area contributed by atoms with Gasteiger partial charge in [0.2, 0.25) is 5.91 Å². The van der Waals surface area contributed by atoms with E-state index in [1.807, 2.05) is 56.3 Å². The molecule has 3 N–H and O–H groups in total. The van der Waals surface area contributed by atoms with Gasteiger partial charge in [0.05, 0.1) is 6.54 Å². The zero-order valence-corrected chi connectivity index (χ0v) is 14.1. The van der Waals surface area contributed by atoms with Crippen LogP contribution in [0.2, 0.25) is 0 Å². The van der Waals surface area contributed by atoms with Crippen molar-refractivity contribution in [3.05, 3.63) is 59.2 Å². The first-order valence-electron chi connectivity index (χ1n) is 7.92. The smallest absolute Gasteiger partial charge is 0.238 e. The summed E-state index contributed by atoms with van der Waals surface area (Å²) >= 11 is 0. The van der Waals surface area contributed by atoms with E-state index < -0.39 is 0 Å². The molecule has 2 aromatic carbocycles. The van der Waals surface area contributed by atoms with Gasteiger partial charge in [-0.25, -0.2) is 0 Å². The minimum atomic E-state index is 0.00755. The summed E-state index contributed by atoms with van der Waals surface area (Å²) in [5.74, 6) is 0.00755. The van der Waals surface area contributed by atoms with Gasteiger partial charge in [-0.2, -0.15) is 0 Å². The molecule has 0 fully saturated rings. The third-order valence-electron chi connectivity index (χ3n) is 3.92. The summed E-state index contributed by atoms with van der Waals surface area (Å²) in [6, 6.07) is 13.8. The molecule has 0 radical (unpaired) electrons. The standard InChI is InChI=1S/C19H25N3O/c1-4-22(12-16-9-6-10-17(20)11-16)13-18(23)21-19-14(2)7-5-8-15(19)3/h5-11H,4,12-13,20H2,1-3H3,(H,21,23). The number of carbonyl (C=O) groups excluding carboxylic acids is 1. The predicted octanol–water partition coefficient (Wildman–Crippen LogP) is 3.35. The van der Waals surface area contributed by atoms with Crippen LogP contribution in [0.5, 0.6) is 0 Å². The summed E-state index contributed by atoms with van der Waals surface area (Å²) in [6.07, 6.45) is 0. The zero-order valence-electron chi connectivity index (χ0n) is 14.1. The molecule has 0 spiro atoms. The van der Waals surface area contributed by atoms with E-state index in [9.17, 15) is 4.79 Å². The molecule has 122 valence electrons. The number of para-hydroxylation sites is 1. The largest absolute Gasteiger partial charge is 0.399 e. The van der Waals surface area contributed by atoms with Gasteiger partial charge in [0.15, 0.2) is 0 Å². The Kier molecular flexibility index (Phi) is 5.77. The van der Waals surface area contributed by atoms with Crippen LogP contribution >= 0.6 is 0 Å². The second kappa shape index (κ2) is 7.79. The Morgan fingerprint density at radius 3 is 2.39 bits per heavy atom. The molecule has 0 atom stereocenters. The van der Waals surface area contributed by atoms with Crippen LogP contribution in [0.4, 0.5) is 11.4 Å². The van der Waals surface area contributed by atoms with Crippen LogP contribution in [0.25, 0.3) is 0 Å². The van der Waals surface area contributed by atoms with Crippen LogP contribution in [0.3, 0.4) is 0 Å². The van der Waals surface area contributed by atoms with Crippen LogP contribution in [-0.4, -0.2) is 23.9 Å². The van der Waals surface area contributed by atoms with Crippen LogP contribution < -0.4 is 11.1 Å². The van der Waals surface area contributed by atoms with Crippen molar-refractivity contribution >= 4 is 17.3 Å². The summed E-state index contributed by atoms with van der Waals surface area (Å²) in [5, 5.41) is 3.04. The van der Waals surface area contributed by atoms with E-state index in [1.165, 1.54) is 0 Å². The number of rotatable bonds is 6. The molecule has 4 heteroatoms. The van der Waals surface area contributed by atoms with Gasteiger partial charge in [-0.15, -0.1) is 0 Å². The van der Waals surface area contributed by atoms with Gasteiger partial charge in [-0.3, -0.25) is 9.69 Å². The van der Waals surface area contributed by atoms with Crippen molar-refractivity contribution < 1.29 is 4.79 Å². The van der Waals surface area contributed by atoms with Crippen molar-refractivity contribution in [1.82, 2.24) is 4.90 Å². The molecule has 2 rings (SSSR count). The van der Waals surface area contributed by atoms with Gasteiger partial charge >= 0.3 is 0 Å². The molecule has 0 aliphatic heterocycles. The molecule has 0 heterocycles. The fourth-order valence-corrected chi connectivity index (χ4v) is 2.62. The average molecular weight is 311 g/mol. The molecule has 1 amide bonds. The third-order valence-corrected chi connectivity index (χ3v) is 3.92. The van der Waals surface area contributed by atoms with Crippen LogP contribution in [0.1, 0.15) is 23.6 Å². The lowest BCUT2D eigenvalue weighted by Gasteiger charge is -2.21. The van der Waals surface area contributed by atoms with Gasteiger partial charge in [-0.1, -0.05) is 37.3 Å². The summed E-state index contributed by atoms with van der Waals surface area (Å²) in [6.45, 7) is 7.94. The quantitative estimate of drug-likeness (QED) is 0.804. The van der Waals surface area contributed by atoms with Gasteiger partial charge in [0, 0.05) is 17.9 Å². The van der Waals surface area contributed by atoms with E-state index in [0.29, 0.717) is 13.1 Å². The Morgan fingerprint density at radius 2 is 1.78 bits per heavy atom. The van der Waals surface area contributed by atoms with Crippen molar-refractivity contribution in [2.45, 2.75) is 27.3 Å². The number of anilines is 2. The average Bonchev–Trinajstić information content (AvgIpc) is 2.50. The molecule has 0 aromatic heterocycles. The molecule has 0 unspecified atom stereocenters. The first-order valence-corrected chi connectivity index (χ1v) is 7.92. The number of nitrogens with two attached hydrogens (primary N) is 1. The van der Waals surface area contributed by atoms with E-state index in [2.05, 4.69) is 17.1 Å². The highest BCUT2D eigenvalue weighted by Gasteiger charge is 2.12. The fourth-order valence-electron chi connectivity index (χ4n) is 2.62. The lowest BCUT2D eigenvalue weighted by molar-refractivity contribution is -0.117.